The average molecular weight is 319 g/mol. The van der Waals surface area contributed by atoms with Crippen LogP contribution in [0, 0.1) is 6.92 Å². The van der Waals surface area contributed by atoms with Crippen molar-refractivity contribution in [1.82, 2.24) is 15.0 Å². The minimum atomic E-state index is 0.103. The van der Waals surface area contributed by atoms with E-state index in [0.717, 1.165) is 13.1 Å². The molecule has 1 aliphatic rings. The van der Waals surface area contributed by atoms with Gasteiger partial charge in [0.15, 0.2) is 5.82 Å². The summed E-state index contributed by atoms with van der Waals surface area (Å²) in [5, 5.41) is 3.94. The largest absolute Gasteiger partial charge is 0.338 e. The molecule has 0 spiro atoms. The normalized spacial score (nSPS) is 19.0. The Balaban J connectivity index is 1.70. The van der Waals surface area contributed by atoms with Crippen LogP contribution in [0.25, 0.3) is 0 Å². The molecule has 24 heavy (non-hydrogen) atoms. The van der Waals surface area contributed by atoms with E-state index in [4.69, 9.17) is 4.52 Å². The Morgan fingerprint density at radius 2 is 1.83 bits per heavy atom. The number of fused-ring (bicyclic) bond motifs is 1. The highest BCUT2D eigenvalue weighted by atomic mass is 16.5. The number of rotatable bonds is 3. The Labute approximate surface area is 142 Å². The quantitative estimate of drug-likeness (QED) is 0.729. The van der Waals surface area contributed by atoms with Gasteiger partial charge in [-0.25, -0.2) is 0 Å². The van der Waals surface area contributed by atoms with Crippen LogP contribution in [0.3, 0.4) is 0 Å². The highest BCUT2D eigenvalue weighted by molar-refractivity contribution is 5.40. The molecule has 0 bridgehead atoms. The van der Waals surface area contributed by atoms with Crippen molar-refractivity contribution in [1.29, 1.82) is 0 Å². The lowest BCUT2D eigenvalue weighted by atomic mass is 9.84. The van der Waals surface area contributed by atoms with Crippen LogP contribution in [0.2, 0.25) is 0 Å². The van der Waals surface area contributed by atoms with E-state index in [2.05, 4.69) is 76.6 Å². The van der Waals surface area contributed by atoms with Crippen LogP contribution >= 0.6 is 0 Å². The van der Waals surface area contributed by atoms with E-state index in [1.54, 1.807) is 0 Å². The van der Waals surface area contributed by atoms with Crippen molar-refractivity contribution in [2.75, 3.05) is 6.54 Å². The number of nitrogens with zero attached hydrogens (tertiary/aromatic N) is 3. The van der Waals surface area contributed by atoms with Crippen LogP contribution in [-0.4, -0.2) is 21.6 Å². The van der Waals surface area contributed by atoms with Gasteiger partial charge >= 0.3 is 0 Å². The van der Waals surface area contributed by atoms with E-state index in [0.29, 0.717) is 17.6 Å². The van der Waals surface area contributed by atoms with E-state index in [-0.39, 0.29) is 6.04 Å². The predicted octanol–water partition coefficient (Wildman–Crippen LogP) is 4.09. The van der Waals surface area contributed by atoms with Crippen LogP contribution in [0.4, 0.5) is 0 Å². The second-order valence-electron chi connectivity index (χ2n) is 6.45. The molecule has 0 aliphatic carbocycles. The standard InChI is InChI=1S/C20H21N3O/c1-14(20-21-15(2)22-24-20)23-12-17-10-6-7-11-18(17)19(13-23)16-8-4-3-5-9-16/h3-11,14,19H,12-13H2,1-2H3/t14-,19+/m1/s1. The molecule has 0 radical (unpaired) electrons. The smallest absolute Gasteiger partial charge is 0.243 e. The van der Waals surface area contributed by atoms with E-state index in [9.17, 15) is 0 Å². The molecule has 1 aromatic heterocycles. The Morgan fingerprint density at radius 1 is 1.08 bits per heavy atom. The summed E-state index contributed by atoms with van der Waals surface area (Å²) in [5.74, 6) is 1.75. The van der Waals surface area contributed by atoms with Gasteiger partial charge in [0.1, 0.15) is 0 Å². The Bertz CT molecular complexity index is 828. The van der Waals surface area contributed by atoms with Gasteiger partial charge in [0.25, 0.3) is 0 Å². The highest BCUT2D eigenvalue weighted by Crippen LogP contribution is 2.36. The lowest BCUT2D eigenvalue weighted by Gasteiger charge is -2.37. The molecule has 3 aromatic rings. The van der Waals surface area contributed by atoms with Crippen molar-refractivity contribution in [2.24, 2.45) is 0 Å². The third kappa shape index (κ3) is 2.74. The third-order valence-electron chi connectivity index (χ3n) is 4.87. The molecular formula is C20H21N3O. The van der Waals surface area contributed by atoms with E-state index in [1.807, 2.05) is 6.92 Å². The molecule has 122 valence electrons. The fourth-order valence-electron chi connectivity index (χ4n) is 3.54. The van der Waals surface area contributed by atoms with Crippen LogP contribution in [0.5, 0.6) is 0 Å². The molecule has 1 aliphatic heterocycles. The maximum atomic E-state index is 5.41. The van der Waals surface area contributed by atoms with Crippen LogP contribution in [-0.2, 0) is 6.54 Å². The molecule has 4 heteroatoms. The lowest BCUT2D eigenvalue weighted by molar-refractivity contribution is 0.150. The van der Waals surface area contributed by atoms with Gasteiger partial charge in [-0.3, -0.25) is 4.90 Å². The molecule has 0 amide bonds. The zero-order valence-electron chi connectivity index (χ0n) is 14.0. The van der Waals surface area contributed by atoms with E-state index >= 15 is 0 Å². The summed E-state index contributed by atoms with van der Waals surface area (Å²) in [5.41, 5.74) is 4.15. The van der Waals surface area contributed by atoms with Gasteiger partial charge in [0.2, 0.25) is 5.89 Å². The van der Waals surface area contributed by atoms with E-state index in [1.165, 1.54) is 16.7 Å². The summed E-state index contributed by atoms with van der Waals surface area (Å²) in [7, 11) is 0. The SMILES string of the molecule is Cc1noc([C@@H](C)N2Cc3ccccc3[C@H](c3ccccc3)C2)n1. The average Bonchev–Trinajstić information content (AvgIpc) is 3.07. The van der Waals surface area contributed by atoms with Crippen molar-refractivity contribution >= 4 is 0 Å². The second kappa shape index (κ2) is 6.21. The fraction of sp³-hybridized carbons (Fsp3) is 0.300. The topological polar surface area (TPSA) is 42.2 Å². The van der Waals surface area contributed by atoms with Gasteiger partial charge in [-0.05, 0) is 30.5 Å². The molecule has 2 aromatic carbocycles. The Morgan fingerprint density at radius 3 is 2.58 bits per heavy atom. The first-order chi connectivity index (χ1) is 11.7. The molecule has 0 saturated carbocycles. The molecule has 4 rings (SSSR count). The number of aryl methyl sites for hydroxylation is 1. The van der Waals surface area contributed by atoms with Crippen molar-refractivity contribution in [3.05, 3.63) is 83.0 Å². The van der Waals surface area contributed by atoms with Crippen molar-refractivity contribution in [3.8, 4) is 0 Å². The molecular weight excluding hydrogens is 298 g/mol. The minimum absolute atomic E-state index is 0.103. The van der Waals surface area contributed by atoms with Gasteiger partial charge in [-0.2, -0.15) is 4.98 Å². The zero-order chi connectivity index (χ0) is 16.5. The summed E-state index contributed by atoms with van der Waals surface area (Å²) in [6, 6.07) is 19.6. The van der Waals surface area contributed by atoms with Crippen molar-refractivity contribution in [2.45, 2.75) is 32.4 Å². The zero-order valence-corrected chi connectivity index (χ0v) is 14.0. The summed E-state index contributed by atoms with van der Waals surface area (Å²) >= 11 is 0. The molecule has 2 atom stereocenters. The summed E-state index contributed by atoms with van der Waals surface area (Å²) in [6.45, 7) is 5.85. The lowest BCUT2D eigenvalue weighted by Crippen LogP contribution is -2.36. The first-order valence-corrected chi connectivity index (χ1v) is 8.39. The van der Waals surface area contributed by atoms with Crippen molar-refractivity contribution < 1.29 is 4.52 Å². The molecule has 0 saturated heterocycles. The summed E-state index contributed by atoms with van der Waals surface area (Å²) in [4.78, 5) is 6.84. The maximum Gasteiger partial charge on any atom is 0.243 e. The van der Waals surface area contributed by atoms with Crippen molar-refractivity contribution in [3.63, 3.8) is 0 Å². The van der Waals surface area contributed by atoms with Gasteiger partial charge in [-0.1, -0.05) is 59.8 Å². The number of benzene rings is 2. The monoisotopic (exact) mass is 319 g/mol. The van der Waals surface area contributed by atoms with Crippen LogP contribution in [0.1, 0.15) is 47.3 Å². The van der Waals surface area contributed by atoms with E-state index < -0.39 is 0 Å². The first-order valence-electron chi connectivity index (χ1n) is 8.39. The Hall–Kier alpha value is -2.46. The molecule has 0 N–H and O–H groups in total. The molecule has 4 nitrogen and oxygen atoms in total. The van der Waals surface area contributed by atoms with Crippen LogP contribution < -0.4 is 0 Å². The molecule has 0 unspecified atom stereocenters. The fourth-order valence-corrected chi connectivity index (χ4v) is 3.54. The summed E-state index contributed by atoms with van der Waals surface area (Å²) in [6.07, 6.45) is 0. The molecule has 0 fully saturated rings. The number of hydrogen-bond donors (Lipinski definition) is 0. The third-order valence-corrected chi connectivity index (χ3v) is 4.87. The van der Waals surface area contributed by atoms with Gasteiger partial charge in [0.05, 0.1) is 6.04 Å². The highest BCUT2D eigenvalue weighted by Gasteiger charge is 2.31. The Kier molecular flexibility index (Phi) is 3.90. The minimum Gasteiger partial charge on any atom is -0.338 e. The van der Waals surface area contributed by atoms with Gasteiger partial charge in [0, 0.05) is 19.0 Å². The summed E-state index contributed by atoms with van der Waals surface area (Å²) < 4.78 is 5.41. The maximum absolute atomic E-state index is 5.41. The van der Waals surface area contributed by atoms with Gasteiger partial charge in [-0.15, -0.1) is 0 Å². The number of aromatic nitrogens is 2. The second-order valence-corrected chi connectivity index (χ2v) is 6.45. The first kappa shape index (κ1) is 15.1. The van der Waals surface area contributed by atoms with Crippen LogP contribution in [0.15, 0.2) is 59.1 Å². The molecule has 2 heterocycles. The van der Waals surface area contributed by atoms with Gasteiger partial charge < -0.3 is 4.52 Å². The number of hydrogen-bond acceptors (Lipinski definition) is 4. The predicted molar refractivity (Wildman–Crippen MR) is 92.6 cm³/mol.